The number of nitrogens with one attached hydrogen (secondary N) is 2. The highest BCUT2D eigenvalue weighted by atomic mass is 127. The van der Waals surface area contributed by atoms with Gasteiger partial charge in [-0.2, -0.15) is 4.39 Å². The molecule has 0 aromatic carbocycles. The van der Waals surface area contributed by atoms with Gasteiger partial charge in [0.05, 0.1) is 0 Å². The number of aromatic amines is 2. The van der Waals surface area contributed by atoms with E-state index >= 15 is 0 Å². The molecule has 54 valence electrons. The van der Waals surface area contributed by atoms with Crippen LogP contribution in [0.5, 0.6) is 0 Å². The van der Waals surface area contributed by atoms with E-state index in [2.05, 4.69) is 4.98 Å². The molecule has 0 saturated carbocycles. The van der Waals surface area contributed by atoms with Gasteiger partial charge in [-0.15, -0.1) is 0 Å². The molecule has 6 heteroatoms. The van der Waals surface area contributed by atoms with Gasteiger partial charge in [0.15, 0.2) is 0 Å². The minimum Gasteiger partial charge on any atom is -0.300 e. The SMILES string of the molecule is O=c1[nH]c(I)c(F)c(=O)[nH]1. The van der Waals surface area contributed by atoms with Crippen molar-refractivity contribution in [1.29, 1.82) is 0 Å². The number of aromatic nitrogens is 2. The van der Waals surface area contributed by atoms with Gasteiger partial charge in [0.1, 0.15) is 3.70 Å². The quantitative estimate of drug-likeness (QED) is 0.499. The van der Waals surface area contributed by atoms with Gasteiger partial charge in [0, 0.05) is 0 Å². The van der Waals surface area contributed by atoms with Crippen molar-refractivity contribution in [1.82, 2.24) is 9.97 Å². The van der Waals surface area contributed by atoms with Crippen LogP contribution in [0, 0.1) is 9.52 Å². The van der Waals surface area contributed by atoms with E-state index in [4.69, 9.17) is 0 Å². The Bertz CT molecular complexity index is 355. The highest BCUT2D eigenvalue weighted by Gasteiger charge is 2.03. The lowest BCUT2D eigenvalue weighted by Crippen LogP contribution is -2.26. The van der Waals surface area contributed by atoms with Crippen LogP contribution in [0.15, 0.2) is 9.59 Å². The normalized spacial score (nSPS) is 9.80. The predicted octanol–water partition coefficient (Wildman–Crippen LogP) is -0.193. The number of hydrogen-bond donors (Lipinski definition) is 2. The van der Waals surface area contributed by atoms with Crippen LogP contribution in [0.2, 0.25) is 0 Å². The number of hydrogen-bond acceptors (Lipinski definition) is 2. The Labute approximate surface area is 67.6 Å². The molecule has 10 heavy (non-hydrogen) atoms. The zero-order valence-corrected chi connectivity index (χ0v) is 6.73. The van der Waals surface area contributed by atoms with Crippen LogP contribution in [-0.2, 0) is 0 Å². The second kappa shape index (κ2) is 2.52. The summed E-state index contributed by atoms with van der Waals surface area (Å²) >= 11 is 1.53. The minimum atomic E-state index is -0.992. The molecule has 0 bridgehead atoms. The van der Waals surface area contributed by atoms with Crippen molar-refractivity contribution in [2.75, 3.05) is 0 Å². The van der Waals surface area contributed by atoms with E-state index in [1.54, 1.807) is 4.98 Å². The van der Waals surface area contributed by atoms with Gasteiger partial charge in [0.25, 0.3) is 5.56 Å². The third kappa shape index (κ3) is 1.25. The molecule has 0 spiro atoms. The van der Waals surface area contributed by atoms with E-state index in [-0.39, 0.29) is 3.70 Å². The summed E-state index contributed by atoms with van der Waals surface area (Å²) in [5.41, 5.74) is -1.69. The van der Waals surface area contributed by atoms with Crippen molar-refractivity contribution in [3.63, 3.8) is 0 Å². The van der Waals surface area contributed by atoms with Crippen LogP contribution in [0.25, 0.3) is 0 Å². The predicted molar refractivity (Wildman–Crippen MR) is 40.4 cm³/mol. The maximum atomic E-state index is 12.4. The van der Waals surface area contributed by atoms with Crippen molar-refractivity contribution < 1.29 is 4.39 Å². The lowest BCUT2D eigenvalue weighted by molar-refractivity contribution is 0.586. The molecule has 0 aliphatic rings. The molecular formula is C4H2FIN2O2. The Balaban J connectivity index is 3.62. The fraction of sp³-hybridized carbons (Fsp3) is 0. The molecule has 1 heterocycles. The summed E-state index contributed by atoms with van der Waals surface area (Å²) in [6, 6.07) is 0. The first kappa shape index (κ1) is 7.45. The Hall–Kier alpha value is -0.660. The number of rotatable bonds is 0. The first-order chi connectivity index (χ1) is 4.61. The first-order valence-corrected chi connectivity index (χ1v) is 3.36. The van der Waals surface area contributed by atoms with E-state index in [0.717, 1.165) is 0 Å². The lowest BCUT2D eigenvalue weighted by atomic mass is 10.6. The van der Waals surface area contributed by atoms with E-state index in [0.29, 0.717) is 0 Å². The Morgan fingerprint density at radius 3 is 2.40 bits per heavy atom. The zero-order valence-electron chi connectivity index (χ0n) is 4.57. The molecule has 0 amide bonds. The molecule has 2 N–H and O–H groups in total. The zero-order chi connectivity index (χ0) is 7.72. The van der Waals surface area contributed by atoms with Crippen LogP contribution in [0.4, 0.5) is 4.39 Å². The van der Waals surface area contributed by atoms with Gasteiger partial charge in [0.2, 0.25) is 5.82 Å². The molecule has 1 aromatic rings. The molecule has 0 radical (unpaired) electrons. The van der Waals surface area contributed by atoms with E-state index < -0.39 is 17.1 Å². The number of H-pyrrole nitrogens is 2. The molecule has 4 nitrogen and oxygen atoms in total. The summed E-state index contributed by atoms with van der Waals surface area (Å²) in [7, 11) is 0. The molecule has 1 rings (SSSR count). The number of halogens is 2. The van der Waals surface area contributed by atoms with Gasteiger partial charge in [-0.3, -0.25) is 14.8 Å². The monoisotopic (exact) mass is 256 g/mol. The van der Waals surface area contributed by atoms with Crippen LogP contribution < -0.4 is 11.2 Å². The lowest BCUT2D eigenvalue weighted by Gasteiger charge is -1.88. The van der Waals surface area contributed by atoms with Gasteiger partial charge < -0.3 is 0 Å². The highest BCUT2D eigenvalue weighted by molar-refractivity contribution is 14.1. The van der Waals surface area contributed by atoms with Crippen molar-refractivity contribution >= 4 is 22.6 Å². The highest BCUT2D eigenvalue weighted by Crippen LogP contribution is 1.96. The topological polar surface area (TPSA) is 65.7 Å². The molecule has 0 saturated heterocycles. The van der Waals surface area contributed by atoms with Crippen LogP contribution in [0.3, 0.4) is 0 Å². The summed E-state index contributed by atoms with van der Waals surface area (Å²) in [6.07, 6.45) is 0. The maximum absolute atomic E-state index is 12.4. The van der Waals surface area contributed by atoms with Gasteiger partial charge >= 0.3 is 5.69 Å². The molecule has 0 atom stereocenters. The van der Waals surface area contributed by atoms with Gasteiger partial charge in [-0.25, -0.2) is 4.79 Å². The summed E-state index contributed by atoms with van der Waals surface area (Å²) in [5, 5.41) is 0. The van der Waals surface area contributed by atoms with Crippen molar-refractivity contribution in [2.24, 2.45) is 0 Å². The van der Waals surface area contributed by atoms with E-state index in [1.807, 2.05) is 0 Å². The third-order valence-electron chi connectivity index (χ3n) is 0.842. The average molecular weight is 256 g/mol. The van der Waals surface area contributed by atoms with Gasteiger partial charge in [-0.05, 0) is 22.6 Å². The second-order valence-electron chi connectivity index (χ2n) is 1.54. The average Bonchev–Trinajstić information content (AvgIpc) is 1.82. The fourth-order valence-corrected chi connectivity index (χ4v) is 0.933. The van der Waals surface area contributed by atoms with Crippen molar-refractivity contribution in [3.8, 4) is 0 Å². The molecular weight excluding hydrogens is 254 g/mol. The summed E-state index contributed by atoms with van der Waals surface area (Å²) in [4.78, 5) is 24.6. The largest absolute Gasteiger partial charge is 0.326 e. The summed E-state index contributed by atoms with van der Waals surface area (Å²) in [6.45, 7) is 0. The Kier molecular flexibility index (Phi) is 1.88. The van der Waals surface area contributed by atoms with E-state index in [9.17, 15) is 14.0 Å². The third-order valence-corrected chi connectivity index (χ3v) is 1.59. The maximum Gasteiger partial charge on any atom is 0.326 e. The van der Waals surface area contributed by atoms with Crippen LogP contribution in [-0.4, -0.2) is 9.97 Å². The summed E-state index contributed by atoms with van der Waals surface area (Å²) < 4.78 is 12.3. The van der Waals surface area contributed by atoms with Crippen molar-refractivity contribution in [2.45, 2.75) is 0 Å². The minimum absolute atomic E-state index is 0.0775. The van der Waals surface area contributed by atoms with Crippen molar-refractivity contribution in [3.05, 3.63) is 30.4 Å². The fourth-order valence-electron chi connectivity index (χ4n) is 0.443. The Morgan fingerprint density at radius 2 is 1.90 bits per heavy atom. The van der Waals surface area contributed by atoms with E-state index in [1.165, 1.54) is 22.6 Å². The molecule has 0 unspecified atom stereocenters. The second-order valence-corrected chi connectivity index (χ2v) is 2.61. The standard InChI is InChI=1S/C4H2FIN2O2/c5-1-2(6)7-4(10)8-3(1)9/h(H2,7,8,9,10). The summed E-state index contributed by atoms with van der Waals surface area (Å²) in [5.74, 6) is -0.958. The molecule has 0 aliphatic carbocycles. The smallest absolute Gasteiger partial charge is 0.300 e. The molecule has 1 aromatic heterocycles. The Morgan fingerprint density at radius 1 is 1.30 bits per heavy atom. The van der Waals surface area contributed by atoms with Gasteiger partial charge in [-0.1, -0.05) is 0 Å². The van der Waals surface area contributed by atoms with Crippen LogP contribution in [0.1, 0.15) is 0 Å². The molecule has 0 fully saturated rings. The molecule has 0 aliphatic heterocycles. The van der Waals surface area contributed by atoms with Crippen LogP contribution >= 0.6 is 22.6 Å². The first-order valence-electron chi connectivity index (χ1n) is 2.29.